The van der Waals surface area contributed by atoms with Gasteiger partial charge in [0.05, 0.1) is 0 Å². The average molecular weight is 266 g/mol. The first-order valence-electron chi connectivity index (χ1n) is 6.43. The van der Waals surface area contributed by atoms with E-state index in [0.29, 0.717) is 12.2 Å². The summed E-state index contributed by atoms with van der Waals surface area (Å²) in [6, 6.07) is 15.2. The fraction of sp³-hybridized carbons (Fsp3) is 0.118. The Morgan fingerprint density at radius 3 is 2.65 bits per heavy atom. The van der Waals surface area contributed by atoms with E-state index in [1.807, 2.05) is 54.6 Å². The van der Waals surface area contributed by atoms with Crippen molar-refractivity contribution in [1.29, 1.82) is 0 Å². The molecule has 1 aliphatic heterocycles. The third-order valence-electron chi connectivity index (χ3n) is 3.13. The van der Waals surface area contributed by atoms with Crippen molar-refractivity contribution in [3.63, 3.8) is 0 Å². The fourth-order valence-electron chi connectivity index (χ4n) is 2.05. The molecule has 0 amide bonds. The Hall–Kier alpha value is -2.55. The number of hydrogen-bond donors (Lipinski definition) is 0. The standard InChI is InChI=1S/C17H14O3/c1-12(18)14-9-13-10-16(7-8-17(13)19-11-14)20-15-5-3-2-4-6-15/h2-10H,11H2,1H3. The highest BCUT2D eigenvalue weighted by molar-refractivity contribution is 5.99. The molecule has 3 rings (SSSR count). The SMILES string of the molecule is CC(=O)C1=Cc2cc(Oc3ccccc3)ccc2OC1. The van der Waals surface area contributed by atoms with Gasteiger partial charge in [0.15, 0.2) is 5.78 Å². The van der Waals surface area contributed by atoms with Crippen LogP contribution in [0.15, 0.2) is 54.1 Å². The number of carbonyl (C=O) groups excluding carboxylic acids is 1. The van der Waals surface area contributed by atoms with Crippen LogP contribution in [-0.4, -0.2) is 12.4 Å². The van der Waals surface area contributed by atoms with Crippen LogP contribution < -0.4 is 9.47 Å². The molecule has 1 heterocycles. The highest BCUT2D eigenvalue weighted by Gasteiger charge is 2.15. The van der Waals surface area contributed by atoms with E-state index in [9.17, 15) is 4.79 Å². The van der Waals surface area contributed by atoms with Crippen molar-refractivity contribution in [2.24, 2.45) is 0 Å². The Labute approximate surface area is 117 Å². The molecule has 3 nitrogen and oxygen atoms in total. The van der Waals surface area contributed by atoms with E-state index in [1.165, 1.54) is 0 Å². The highest BCUT2D eigenvalue weighted by atomic mass is 16.5. The van der Waals surface area contributed by atoms with E-state index in [-0.39, 0.29) is 5.78 Å². The molecule has 0 aromatic heterocycles. The highest BCUT2D eigenvalue weighted by Crippen LogP contribution is 2.32. The van der Waals surface area contributed by atoms with E-state index < -0.39 is 0 Å². The zero-order valence-electron chi connectivity index (χ0n) is 11.1. The van der Waals surface area contributed by atoms with Crippen LogP contribution in [0.25, 0.3) is 6.08 Å². The Bertz CT molecular complexity index is 672. The van der Waals surface area contributed by atoms with Crippen molar-refractivity contribution >= 4 is 11.9 Å². The zero-order chi connectivity index (χ0) is 13.9. The summed E-state index contributed by atoms with van der Waals surface area (Å²) in [6.45, 7) is 1.88. The van der Waals surface area contributed by atoms with Gasteiger partial charge in [0.25, 0.3) is 0 Å². The normalized spacial score (nSPS) is 12.9. The summed E-state index contributed by atoms with van der Waals surface area (Å²) in [5, 5.41) is 0. The summed E-state index contributed by atoms with van der Waals surface area (Å²) in [7, 11) is 0. The second-order valence-electron chi connectivity index (χ2n) is 4.63. The van der Waals surface area contributed by atoms with Crippen LogP contribution in [0.2, 0.25) is 0 Å². The smallest absolute Gasteiger partial charge is 0.159 e. The van der Waals surface area contributed by atoms with E-state index in [2.05, 4.69) is 0 Å². The summed E-state index contributed by atoms with van der Waals surface area (Å²) in [5.41, 5.74) is 1.55. The van der Waals surface area contributed by atoms with Gasteiger partial charge >= 0.3 is 0 Å². The molecule has 0 bridgehead atoms. The van der Waals surface area contributed by atoms with E-state index in [0.717, 1.165) is 22.8 Å². The van der Waals surface area contributed by atoms with Gasteiger partial charge in [0.1, 0.15) is 23.9 Å². The molecule has 0 fully saturated rings. The number of benzene rings is 2. The quantitative estimate of drug-likeness (QED) is 0.846. The van der Waals surface area contributed by atoms with Crippen LogP contribution in [0.1, 0.15) is 12.5 Å². The minimum absolute atomic E-state index is 0.0324. The molecule has 0 unspecified atom stereocenters. The Morgan fingerprint density at radius 2 is 1.90 bits per heavy atom. The zero-order valence-corrected chi connectivity index (χ0v) is 11.1. The van der Waals surface area contributed by atoms with Crippen molar-refractivity contribution in [2.45, 2.75) is 6.92 Å². The summed E-state index contributed by atoms with van der Waals surface area (Å²) in [4.78, 5) is 11.4. The van der Waals surface area contributed by atoms with Crippen LogP contribution in [-0.2, 0) is 4.79 Å². The van der Waals surface area contributed by atoms with Crippen molar-refractivity contribution in [3.8, 4) is 17.2 Å². The van der Waals surface area contributed by atoms with Crippen LogP contribution in [0, 0.1) is 0 Å². The molecular weight excluding hydrogens is 252 g/mol. The summed E-state index contributed by atoms with van der Waals surface area (Å²) < 4.78 is 11.3. The van der Waals surface area contributed by atoms with Crippen molar-refractivity contribution in [2.75, 3.05) is 6.61 Å². The van der Waals surface area contributed by atoms with Crippen molar-refractivity contribution in [3.05, 3.63) is 59.7 Å². The molecule has 0 radical (unpaired) electrons. The van der Waals surface area contributed by atoms with Gasteiger partial charge in [-0.2, -0.15) is 0 Å². The lowest BCUT2D eigenvalue weighted by Crippen LogP contribution is -2.12. The van der Waals surface area contributed by atoms with Gasteiger partial charge in [-0.25, -0.2) is 0 Å². The molecule has 0 spiro atoms. The van der Waals surface area contributed by atoms with Crippen LogP contribution in [0.5, 0.6) is 17.2 Å². The lowest BCUT2D eigenvalue weighted by molar-refractivity contribution is -0.113. The maximum Gasteiger partial charge on any atom is 0.159 e. The molecule has 0 atom stereocenters. The third-order valence-corrected chi connectivity index (χ3v) is 3.13. The summed E-state index contributed by atoms with van der Waals surface area (Å²) >= 11 is 0. The van der Waals surface area contributed by atoms with Gasteiger partial charge in [0.2, 0.25) is 0 Å². The van der Waals surface area contributed by atoms with Gasteiger partial charge in [-0.15, -0.1) is 0 Å². The summed E-state index contributed by atoms with van der Waals surface area (Å²) in [6.07, 6.45) is 1.86. The van der Waals surface area contributed by atoms with E-state index in [1.54, 1.807) is 6.92 Å². The maximum absolute atomic E-state index is 11.4. The molecule has 3 heteroatoms. The molecule has 0 aliphatic carbocycles. The van der Waals surface area contributed by atoms with Crippen LogP contribution >= 0.6 is 0 Å². The number of ether oxygens (including phenoxy) is 2. The van der Waals surface area contributed by atoms with Crippen LogP contribution in [0.4, 0.5) is 0 Å². The fourth-order valence-corrected chi connectivity index (χ4v) is 2.05. The lowest BCUT2D eigenvalue weighted by Gasteiger charge is -2.17. The molecular formula is C17H14O3. The third kappa shape index (κ3) is 2.57. The topological polar surface area (TPSA) is 35.5 Å². The number of Topliss-reactive ketones (excluding diaryl/α,β-unsaturated/α-hetero) is 1. The second-order valence-corrected chi connectivity index (χ2v) is 4.63. The molecule has 0 N–H and O–H groups in total. The largest absolute Gasteiger partial charge is 0.488 e. The Kier molecular flexibility index (Phi) is 3.25. The molecule has 0 saturated heterocycles. The molecule has 2 aromatic carbocycles. The summed E-state index contributed by atoms with van der Waals surface area (Å²) in [5.74, 6) is 2.31. The number of hydrogen-bond acceptors (Lipinski definition) is 3. The van der Waals surface area contributed by atoms with E-state index >= 15 is 0 Å². The van der Waals surface area contributed by atoms with Gasteiger partial charge in [-0.05, 0) is 43.3 Å². The van der Waals surface area contributed by atoms with Gasteiger partial charge in [-0.1, -0.05) is 18.2 Å². The first kappa shape index (κ1) is 12.5. The van der Waals surface area contributed by atoms with Gasteiger partial charge in [-0.3, -0.25) is 4.79 Å². The van der Waals surface area contributed by atoms with Crippen molar-refractivity contribution < 1.29 is 14.3 Å². The molecule has 1 aliphatic rings. The predicted molar refractivity (Wildman–Crippen MR) is 77.1 cm³/mol. The Morgan fingerprint density at radius 1 is 1.10 bits per heavy atom. The monoisotopic (exact) mass is 266 g/mol. The average Bonchev–Trinajstić information content (AvgIpc) is 2.47. The predicted octanol–water partition coefficient (Wildman–Crippen LogP) is 3.84. The Balaban J connectivity index is 1.90. The molecule has 100 valence electrons. The number of rotatable bonds is 3. The van der Waals surface area contributed by atoms with Crippen molar-refractivity contribution in [1.82, 2.24) is 0 Å². The molecule has 0 saturated carbocycles. The lowest BCUT2D eigenvalue weighted by atomic mass is 10.0. The minimum Gasteiger partial charge on any atom is -0.488 e. The minimum atomic E-state index is 0.0324. The number of carbonyl (C=O) groups is 1. The number of fused-ring (bicyclic) bond motifs is 1. The second kappa shape index (κ2) is 5.21. The van der Waals surface area contributed by atoms with Crippen LogP contribution in [0.3, 0.4) is 0 Å². The van der Waals surface area contributed by atoms with E-state index in [4.69, 9.17) is 9.47 Å². The molecule has 20 heavy (non-hydrogen) atoms. The maximum atomic E-state index is 11.4. The number of ketones is 1. The first-order valence-corrected chi connectivity index (χ1v) is 6.43. The van der Waals surface area contributed by atoms with Gasteiger partial charge < -0.3 is 9.47 Å². The number of para-hydroxylation sites is 1. The first-order chi connectivity index (χ1) is 9.72. The molecule has 2 aromatic rings. The van der Waals surface area contributed by atoms with Gasteiger partial charge in [0, 0.05) is 11.1 Å².